The summed E-state index contributed by atoms with van der Waals surface area (Å²) in [4.78, 5) is 12.9. The lowest BCUT2D eigenvalue weighted by Gasteiger charge is -2.02. The fraction of sp³-hybridized carbons (Fsp3) is 0.211. The monoisotopic (exact) mass is 346 g/mol. The average Bonchev–Trinajstić information content (AvgIpc) is 3.33. The standard InChI is InChI=1S/C19H18N6O/c1-13(2)19-22-18(24-26-19)12-25-9-6-16(23-25)14-4-3-5-15(10-14)17-11-20-7-8-21-17/h3-11,13H,12H2,1-2H3. The number of nitrogens with zero attached hydrogens (tertiary/aromatic N) is 6. The molecule has 0 fully saturated rings. The van der Waals surface area contributed by atoms with Gasteiger partial charge in [-0.25, -0.2) is 0 Å². The first-order valence-corrected chi connectivity index (χ1v) is 8.42. The minimum Gasteiger partial charge on any atom is -0.339 e. The topological polar surface area (TPSA) is 82.5 Å². The molecule has 0 unspecified atom stereocenters. The first-order chi connectivity index (χ1) is 12.7. The molecule has 0 amide bonds. The lowest BCUT2D eigenvalue weighted by atomic mass is 10.1. The third kappa shape index (κ3) is 3.37. The maximum atomic E-state index is 5.24. The zero-order valence-electron chi connectivity index (χ0n) is 14.6. The molecule has 7 nitrogen and oxygen atoms in total. The Morgan fingerprint density at radius 1 is 1.08 bits per heavy atom. The second kappa shape index (κ2) is 6.87. The Morgan fingerprint density at radius 3 is 2.65 bits per heavy atom. The molecule has 7 heteroatoms. The Balaban J connectivity index is 1.56. The molecule has 1 aromatic carbocycles. The molecule has 0 atom stereocenters. The Labute approximate surface area is 150 Å². The molecular formula is C19H18N6O. The zero-order chi connectivity index (χ0) is 17.9. The normalized spacial score (nSPS) is 11.2. The van der Waals surface area contributed by atoms with Crippen LogP contribution in [0.15, 0.2) is 59.6 Å². The van der Waals surface area contributed by atoms with E-state index in [9.17, 15) is 0 Å². The quantitative estimate of drug-likeness (QED) is 0.549. The van der Waals surface area contributed by atoms with Crippen molar-refractivity contribution in [2.24, 2.45) is 0 Å². The van der Waals surface area contributed by atoms with E-state index in [1.54, 1.807) is 23.3 Å². The summed E-state index contributed by atoms with van der Waals surface area (Å²) in [6, 6.07) is 10.1. The number of benzene rings is 1. The minimum atomic E-state index is 0.216. The van der Waals surface area contributed by atoms with Crippen LogP contribution in [0.4, 0.5) is 0 Å². The van der Waals surface area contributed by atoms with Crippen LogP contribution >= 0.6 is 0 Å². The van der Waals surface area contributed by atoms with Crippen LogP contribution in [0, 0.1) is 0 Å². The molecule has 0 N–H and O–H groups in total. The SMILES string of the molecule is CC(C)c1nc(Cn2ccc(-c3cccc(-c4cnccn4)c3)n2)no1. The smallest absolute Gasteiger partial charge is 0.229 e. The van der Waals surface area contributed by atoms with Gasteiger partial charge in [-0.1, -0.05) is 37.2 Å². The summed E-state index contributed by atoms with van der Waals surface area (Å²) in [5.74, 6) is 1.48. The predicted molar refractivity (Wildman–Crippen MR) is 96.2 cm³/mol. The molecule has 0 bridgehead atoms. The first kappa shape index (κ1) is 16.1. The van der Waals surface area contributed by atoms with Crippen LogP contribution in [0.5, 0.6) is 0 Å². The highest BCUT2D eigenvalue weighted by Gasteiger charge is 2.11. The number of aromatic nitrogens is 6. The molecular weight excluding hydrogens is 328 g/mol. The van der Waals surface area contributed by atoms with Crippen LogP contribution in [0.3, 0.4) is 0 Å². The molecule has 4 rings (SSSR count). The van der Waals surface area contributed by atoms with Gasteiger partial charge in [-0.2, -0.15) is 10.1 Å². The van der Waals surface area contributed by atoms with Crippen molar-refractivity contribution in [3.8, 4) is 22.5 Å². The molecule has 3 heterocycles. The van der Waals surface area contributed by atoms with Gasteiger partial charge in [0.1, 0.15) is 6.54 Å². The van der Waals surface area contributed by atoms with Gasteiger partial charge in [0.2, 0.25) is 5.89 Å². The highest BCUT2D eigenvalue weighted by Crippen LogP contribution is 2.23. The van der Waals surface area contributed by atoms with Gasteiger partial charge in [-0.15, -0.1) is 0 Å². The van der Waals surface area contributed by atoms with E-state index in [0.29, 0.717) is 18.3 Å². The molecule has 0 saturated carbocycles. The van der Waals surface area contributed by atoms with E-state index >= 15 is 0 Å². The van der Waals surface area contributed by atoms with Crippen molar-refractivity contribution in [1.82, 2.24) is 29.9 Å². The molecule has 4 aromatic rings. The van der Waals surface area contributed by atoms with Gasteiger partial charge < -0.3 is 4.52 Å². The van der Waals surface area contributed by atoms with E-state index in [1.807, 2.05) is 44.3 Å². The lowest BCUT2D eigenvalue weighted by molar-refractivity contribution is 0.359. The van der Waals surface area contributed by atoms with Crippen molar-refractivity contribution in [2.45, 2.75) is 26.3 Å². The number of rotatable bonds is 5. The Kier molecular flexibility index (Phi) is 4.27. The van der Waals surface area contributed by atoms with E-state index in [4.69, 9.17) is 4.52 Å². The summed E-state index contributed by atoms with van der Waals surface area (Å²) >= 11 is 0. The third-order valence-electron chi connectivity index (χ3n) is 3.94. The van der Waals surface area contributed by atoms with Crippen LogP contribution in [-0.2, 0) is 6.54 Å². The Morgan fingerprint density at radius 2 is 1.92 bits per heavy atom. The van der Waals surface area contributed by atoms with Crippen molar-refractivity contribution >= 4 is 0 Å². The van der Waals surface area contributed by atoms with Crippen LogP contribution in [0.1, 0.15) is 31.5 Å². The molecule has 3 aromatic heterocycles. The van der Waals surface area contributed by atoms with Gasteiger partial charge >= 0.3 is 0 Å². The minimum absolute atomic E-state index is 0.216. The molecule has 26 heavy (non-hydrogen) atoms. The zero-order valence-corrected chi connectivity index (χ0v) is 14.6. The van der Waals surface area contributed by atoms with Crippen molar-refractivity contribution in [3.05, 3.63) is 66.8 Å². The average molecular weight is 346 g/mol. The van der Waals surface area contributed by atoms with Crippen LogP contribution in [0.25, 0.3) is 22.5 Å². The van der Waals surface area contributed by atoms with Gasteiger partial charge in [0.15, 0.2) is 5.82 Å². The van der Waals surface area contributed by atoms with E-state index in [-0.39, 0.29) is 5.92 Å². The molecule has 0 aliphatic heterocycles. The Hall–Kier alpha value is -3.35. The fourth-order valence-corrected chi connectivity index (χ4v) is 2.60. The highest BCUT2D eigenvalue weighted by atomic mass is 16.5. The largest absolute Gasteiger partial charge is 0.339 e. The van der Waals surface area contributed by atoms with Crippen molar-refractivity contribution in [1.29, 1.82) is 0 Å². The summed E-state index contributed by atoms with van der Waals surface area (Å²) in [5.41, 5.74) is 3.73. The second-order valence-corrected chi connectivity index (χ2v) is 6.27. The molecule has 0 saturated heterocycles. The van der Waals surface area contributed by atoms with Crippen LogP contribution < -0.4 is 0 Å². The van der Waals surface area contributed by atoms with E-state index in [0.717, 1.165) is 22.5 Å². The Bertz CT molecular complexity index is 1010. The van der Waals surface area contributed by atoms with Crippen molar-refractivity contribution < 1.29 is 4.52 Å². The van der Waals surface area contributed by atoms with Crippen molar-refractivity contribution in [2.75, 3.05) is 0 Å². The molecule has 0 spiro atoms. The highest BCUT2D eigenvalue weighted by molar-refractivity contribution is 5.68. The molecule has 130 valence electrons. The number of hydrogen-bond acceptors (Lipinski definition) is 6. The summed E-state index contributed by atoms with van der Waals surface area (Å²) in [7, 11) is 0. The van der Waals surface area contributed by atoms with Crippen LogP contribution in [0.2, 0.25) is 0 Å². The van der Waals surface area contributed by atoms with E-state index < -0.39 is 0 Å². The summed E-state index contributed by atoms with van der Waals surface area (Å²) < 4.78 is 7.04. The molecule has 0 radical (unpaired) electrons. The summed E-state index contributed by atoms with van der Waals surface area (Å²) in [5, 5.41) is 8.63. The maximum absolute atomic E-state index is 5.24. The third-order valence-corrected chi connectivity index (χ3v) is 3.94. The summed E-state index contributed by atoms with van der Waals surface area (Å²) in [6.45, 7) is 4.51. The van der Waals surface area contributed by atoms with Gasteiger partial charge in [0, 0.05) is 35.6 Å². The lowest BCUT2D eigenvalue weighted by Crippen LogP contribution is -2.02. The maximum Gasteiger partial charge on any atom is 0.229 e. The predicted octanol–water partition coefficient (Wildman–Crippen LogP) is 3.56. The number of hydrogen-bond donors (Lipinski definition) is 0. The second-order valence-electron chi connectivity index (χ2n) is 6.27. The van der Waals surface area contributed by atoms with Gasteiger partial charge in [0.25, 0.3) is 0 Å². The fourth-order valence-electron chi connectivity index (χ4n) is 2.60. The van der Waals surface area contributed by atoms with Crippen LogP contribution in [-0.4, -0.2) is 29.9 Å². The molecule has 0 aliphatic rings. The van der Waals surface area contributed by atoms with E-state index in [2.05, 4.69) is 31.3 Å². The van der Waals surface area contributed by atoms with Gasteiger partial charge in [-0.3, -0.25) is 14.6 Å². The molecule has 0 aliphatic carbocycles. The van der Waals surface area contributed by atoms with Gasteiger partial charge in [-0.05, 0) is 12.1 Å². The first-order valence-electron chi connectivity index (χ1n) is 8.42. The van der Waals surface area contributed by atoms with Crippen molar-refractivity contribution in [3.63, 3.8) is 0 Å². The van der Waals surface area contributed by atoms with E-state index in [1.165, 1.54) is 0 Å². The summed E-state index contributed by atoms with van der Waals surface area (Å²) in [6.07, 6.45) is 7.01. The van der Waals surface area contributed by atoms with Gasteiger partial charge in [0.05, 0.1) is 17.6 Å².